The number of aromatic carboxylic acids is 1. The van der Waals surface area contributed by atoms with Crippen molar-refractivity contribution in [2.75, 3.05) is 0 Å². The van der Waals surface area contributed by atoms with Crippen molar-refractivity contribution < 1.29 is 19.1 Å². The van der Waals surface area contributed by atoms with E-state index in [2.05, 4.69) is 4.99 Å². The first kappa shape index (κ1) is 17.4. The lowest BCUT2D eigenvalue weighted by Crippen LogP contribution is -1.96. The largest absolute Gasteiger partial charge is 0.478 e. The minimum absolute atomic E-state index is 0.0143. The lowest BCUT2D eigenvalue weighted by molar-refractivity contribution is 0.0696. The summed E-state index contributed by atoms with van der Waals surface area (Å²) < 4.78 is 5.78. The molecule has 0 spiro atoms. The van der Waals surface area contributed by atoms with Gasteiger partial charge in [0, 0.05) is 11.1 Å². The van der Waals surface area contributed by atoms with Crippen LogP contribution in [0.5, 0.6) is 0 Å². The number of hydrogen-bond acceptors (Lipinski definition) is 4. The molecule has 26 heavy (non-hydrogen) atoms. The van der Waals surface area contributed by atoms with Crippen molar-refractivity contribution in [1.82, 2.24) is 0 Å². The molecule has 0 aliphatic rings. The van der Waals surface area contributed by atoms with Crippen molar-refractivity contribution in [2.24, 2.45) is 4.99 Å². The van der Waals surface area contributed by atoms with Gasteiger partial charge in [-0.3, -0.25) is 9.79 Å². The summed E-state index contributed by atoms with van der Waals surface area (Å²) in [5, 5.41) is 9.04. The number of furan rings is 1. The number of benzene rings is 2. The summed E-state index contributed by atoms with van der Waals surface area (Å²) in [4.78, 5) is 26.6. The Balaban J connectivity index is 1.79. The van der Waals surface area contributed by atoms with Crippen LogP contribution >= 0.6 is 0 Å². The highest BCUT2D eigenvalue weighted by atomic mass is 16.4. The Kier molecular flexibility index (Phi) is 4.80. The molecule has 3 aromatic rings. The lowest BCUT2D eigenvalue weighted by Gasteiger charge is -2.03. The molecule has 5 nitrogen and oxygen atoms in total. The molecule has 0 saturated carbocycles. The molecule has 0 atom stereocenters. The number of Topliss-reactive ketones (excluding diaryl/α,β-unsaturated/α-hetero) is 1. The molecule has 0 aliphatic heterocycles. The molecule has 0 amide bonds. The SMILES string of the molecule is CC(=O)c1ccc(N=Cc2ccc(-c3ccc(C(=O)O)cc3C)o2)cc1. The lowest BCUT2D eigenvalue weighted by atomic mass is 10.0. The highest BCUT2D eigenvalue weighted by Crippen LogP contribution is 2.26. The average molecular weight is 347 g/mol. The smallest absolute Gasteiger partial charge is 0.335 e. The van der Waals surface area contributed by atoms with Gasteiger partial charge in [-0.05, 0) is 67.9 Å². The molecule has 1 aromatic heterocycles. The van der Waals surface area contributed by atoms with Crippen LogP contribution in [0.2, 0.25) is 0 Å². The van der Waals surface area contributed by atoms with Crippen LogP contribution in [0.4, 0.5) is 5.69 Å². The molecular formula is C21H17NO4. The van der Waals surface area contributed by atoms with E-state index in [1.807, 2.05) is 13.0 Å². The first-order chi connectivity index (χ1) is 12.4. The van der Waals surface area contributed by atoms with E-state index in [1.165, 1.54) is 6.92 Å². The maximum Gasteiger partial charge on any atom is 0.335 e. The van der Waals surface area contributed by atoms with Gasteiger partial charge < -0.3 is 9.52 Å². The van der Waals surface area contributed by atoms with Crippen LogP contribution in [0.3, 0.4) is 0 Å². The summed E-state index contributed by atoms with van der Waals surface area (Å²) in [6, 6.07) is 15.5. The van der Waals surface area contributed by atoms with Crippen molar-refractivity contribution in [2.45, 2.75) is 13.8 Å². The molecule has 3 rings (SSSR count). The molecule has 0 bridgehead atoms. The average Bonchev–Trinajstić information content (AvgIpc) is 3.08. The summed E-state index contributed by atoms with van der Waals surface area (Å²) in [5.74, 6) is 0.286. The fourth-order valence-corrected chi connectivity index (χ4v) is 2.56. The van der Waals surface area contributed by atoms with Gasteiger partial charge in [0.25, 0.3) is 0 Å². The predicted molar refractivity (Wildman–Crippen MR) is 99.5 cm³/mol. The quantitative estimate of drug-likeness (QED) is 0.525. The van der Waals surface area contributed by atoms with E-state index in [1.54, 1.807) is 54.7 Å². The van der Waals surface area contributed by atoms with Crippen molar-refractivity contribution in [3.63, 3.8) is 0 Å². The third-order valence-corrected chi connectivity index (χ3v) is 3.98. The highest BCUT2D eigenvalue weighted by Gasteiger charge is 2.10. The summed E-state index contributed by atoms with van der Waals surface area (Å²) in [7, 11) is 0. The second-order valence-corrected chi connectivity index (χ2v) is 5.90. The Bertz CT molecular complexity index is 997. The minimum atomic E-state index is -0.956. The zero-order valence-electron chi connectivity index (χ0n) is 14.4. The summed E-state index contributed by atoms with van der Waals surface area (Å²) in [6.45, 7) is 3.36. The van der Waals surface area contributed by atoms with E-state index in [0.29, 0.717) is 17.1 Å². The molecule has 2 aromatic carbocycles. The summed E-state index contributed by atoms with van der Waals surface area (Å²) in [6.07, 6.45) is 1.60. The molecule has 0 saturated heterocycles. The Morgan fingerprint density at radius 1 is 1.00 bits per heavy atom. The zero-order valence-corrected chi connectivity index (χ0v) is 14.4. The minimum Gasteiger partial charge on any atom is -0.478 e. The Hall–Kier alpha value is -3.47. The van der Waals surface area contributed by atoms with E-state index in [9.17, 15) is 9.59 Å². The first-order valence-electron chi connectivity index (χ1n) is 8.03. The van der Waals surface area contributed by atoms with Gasteiger partial charge in [-0.2, -0.15) is 0 Å². The second-order valence-electron chi connectivity index (χ2n) is 5.90. The zero-order chi connectivity index (χ0) is 18.7. The molecule has 0 unspecified atom stereocenters. The number of carbonyl (C=O) groups is 2. The number of hydrogen-bond donors (Lipinski definition) is 1. The number of ketones is 1. The van der Waals surface area contributed by atoms with E-state index >= 15 is 0 Å². The molecule has 0 fully saturated rings. The number of carbonyl (C=O) groups excluding carboxylic acids is 1. The van der Waals surface area contributed by atoms with Gasteiger partial charge in [-0.15, -0.1) is 0 Å². The third-order valence-electron chi connectivity index (χ3n) is 3.98. The third kappa shape index (κ3) is 3.78. The van der Waals surface area contributed by atoms with Crippen LogP contribution in [0.1, 0.15) is 39.0 Å². The van der Waals surface area contributed by atoms with Gasteiger partial charge in [0.15, 0.2) is 5.78 Å². The standard InChI is InChI=1S/C21H17NO4/c1-13-11-16(21(24)25)5-9-19(13)20-10-8-18(26-20)12-22-17-6-3-15(4-7-17)14(2)23/h3-12H,1-2H3,(H,24,25). The van der Waals surface area contributed by atoms with Gasteiger partial charge in [-0.25, -0.2) is 4.79 Å². The number of aryl methyl sites for hydroxylation is 1. The fourth-order valence-electron chi connectivity index (χ4n) is 2.56. The molecule has 5 heteroatoms. The second kappa shape index (κ2) is 7.19. The highest BCUT2D eigenvalue weighted by molar-refractivity contribution is 5.94. The molecule has 130 valence electrons. The van der Waals surface area contributed by atoms with Gasteiger partial charge in [0.2, 0.25) is 0 Å². The number of carboxylic acid groups (broad SMARTS) is 1. The molecule has 0 radical (unpaired) electrons. The summed E-state index contributed by atoms with van der Waals surface area (Å²) >= 11 is 0. The van der Waals surface area contributed by atoms with Crippen molar-refractivity contribution >= 4 is 23.7 Å². The van der Waals surface area contributed by atoms with Crippen molar-refractivity contribution in [3.8, 4) is 11.3 Å². The summed E-state index contributed by atoms with van der Waals surface area (Å²) in [5.41, 5.74) is 3.26. The number of carboxylic acids is 1. The van der Waals surface area contributed by atoms with Gasteiger partial charge in [0.05, 0.1) is 17.5 Å². The van der Waals surface area contributed by atoms with Crippen LogP contribution in [-0.4, -0.2) is 23.1 Å². The molecule has 0 aliphatic carbocycles. The van der Waals surface area contributed by atoms with Gasteiger partial charge >= 0.3 is 5.97 Å². The first-order valence-corrected chi connectivity index (χ1v) is 8.03. The van der Waals surface area contributed by atoms with Crippen LogP contribution in [-0.2, 0) is 0 Å². The molecule has 1 N–H and O–H groups in total. The van der Waals surface area contributed by atoms with Crippen LogP contribution in [0.25, 0.3) is 11.3 Å². The normalized spacial score (nSPS) is 11.0. The van der Waals surface area contributed by atoms with E-state index < -0.39 is 5.97 Å². The Labute approximate surface area is 150 Å². The maximum absolute atomic E-state index is 11.3. The topological polar surface area (TPSA) is 79.9 Å². The van der Waals surface area contributed by atoms with Crippen LogP contribution in [0.15, 0.2) is 64.0 Å². The van der Waals surface area contributed by atoms with E-state index in [-0.39, 0.29) is 11.3 Å². The van der Waals surface area contributed by atoms with Crippen LogP contribution < -0.4 is 0 Å². The monoisotopic (exact) mass is 347 g/mol. The Morgan fingerprint density at radius 3 is 2.31 bits per heavy atom. The molecule has 1 heterocycles. The molecular weight excluding hydrogens is 330 g/mol. The Morgan fingerprint density at radius 2 is 1.69 bits per heavy atom. The number of aliphatic imine (C=N–C) groups is 1. The predicted octanol–water partition coefficient (Wildman–Crippen LogP) is 4.91. The van der Waals surface area contributed by atoms with Gasteiger partial charge in [0.1, 0.15) is 11.5 Å². The number of rotatable bonds is 5. The van der Waals surface area contributed by atoms with Crippen molar-refractivity contribution in [3.05, 3.63) is 77.0 Å². The maximum atomic E-state index is 11.3. The van der Waals surface area contributed by atoms with Crippen molar-refractivity contribution in [1.29, 1.82) is 0 Å². The van der Waals surface area contributed by atoms with E-state index in [4.69, 9.17) is 9.52 Å². The van der Waals surface area contributed by atoms with Crippen LogP contribution in [0, 0.1) is 6.92 Å². The van der Waals surface area contributed by atoms with E-state index in [0.717, 1.165) is 16.8 Å². The van der Waals surface area contributed by atoms with Gasteiger partial charge in [-0.1, -0.05) is 6.07 Å². The fraction of sp³-hybridized carbons (Fsp3) is 0.0952. The number of nitrogens with zero attached hydrogens (tertiary/aromatic N) is 1.